The van der Waals surface area contributed by atoms with E-state index in [0.717, 1.165) is 55.9 Å². The number of ether oxygens (including phenoxy) is 1. The van der Waals surface area contributed by atoms with E-state index in [9.17, 15) is 0 Å². The third kappa shape index (κ3) is 4.32. The predicted molar refractivity (Wildman–Crippen MR) is 116 cm³/mol. The Labute approximate surface area is 172 Å². The third-order valence-electron chi connectivity index (χ3n) is 6.15. The number of morpholine rings is 1. The van der Waals surface area contributed by atoms with Gasteiger partial charge in [-0.1, -0.05) is 0 Å². The van der Waals surface area contributed by atoms with Crippen molar-refractivity contribution in [3.8, 4) is 0 Å². The van der Waals surface area contributed by atoms with Crippen molar-refractivity contribution in [3.63, 3.8) is 0 Å². The molecule has 1 atom stereocenters. The molecule has 4 rings (SSSR count). The maximum absolute atomic E-state index is 5.47. The summed E-state index contributed by atoms with van der Waals surface area (Å²) < 4.78 is 5.47. The molecule has 2 saturated heterocycles. The fraction of sp³-hybridized carbons (Fsp3) is 0.714. The van der Waals surface area contributed by atoms with E-state index in [1.54, 1.807) is 11.3 Å². The summed E-state index contributed by atoms with van der Waals surface area (Å²) in [5, 5.41) is 4.92. The summed E-state index contributed by atoms with van der Waals surface area (Å²) in [6.45, 7) is 16.7. The Morgan fingerprint density at radius 3 is 2.68 bits per heavy atom. The average molecular weight is 404 g/mol. The minimum absolute atomic E-state index is 0.637. The lowest BCUT2D eigenvalue weighted by Crippen LogP contribution is -2.36. The van der Waals surface area contributed by atoms with Gasteiger partial charge in [-0.25, -0.2) is 9.97 Å². The van der Waals surface area contributed by atoms with Gasteiger partial charge in [0.2, 0.25) is 0 Å². The van der Waals surface area contributed by atoms with Gasteiger partial charge in [0.25, 0.3) is 0 Å². The second kappa shape index (κ2) is 8.61. The Morgan fingerprint density at radius 1 is 1.18 bits per heavy atom. The Kier molecular flexibility index (Phi) is 6.16. The molecule has 0 radical (unpaired) electrons. The molecule has 2 aromatic rings. The zero-order valence-corrected chi connectivity index (χ0v) is 18.4. The number of nitrogens with zero attached hydrogens (tertiary/aromatic N) is 4. The van der Waals surface area contributed by atoms with Crippen LogP contribution in [0.5, 0.6) is 0 Å². The summed E-state index contributed by atoms with van der Waals surface area (Å²) in [5.74, 6) is 2.64. The van der Waals surface area contributed by atoms with Gasteiger partial charge in [-0.3, -0.25) is 4.90 Å². The van der Waals surface area contributed by atoms with Crippen LogP contribution in [-0.2, 0) is 11.3 Å². The van der Waals surface area contributed by atoms with E-state index in [-0.39, 0.29) is 0 Å². The number of fused-ring (bicyclic) bond motifs is 1. The number of likely N-dealkylation sites (tertiary alicyclic amines) is 1. The Hall–Kier alpha value is -1.28. The number of hydrogen-bond acceptors (Lipinski definition) is 7. The largest absolute Gasteiger partial charge is 0.379 e. The summed E-state index contributed by atoms with van der Waals surface area (Å²) in [7, 11) is 0. The number of anilines is 1. The van der Waals surface area contributed by atoms with Gasteiger partial charge in [-0.15, -0.1) is 11.3 Å². The van der Waals surface area contributed by atoms with Crippen LogP contribution in [0.2, 0.25) is 0 Å². The molecule has 1 unspecified atom stereocenters. The monoisotopic (exact) mass is 403 g/mol. The summed E-state index contributed by atoms with van der Waals surface area (Å²) in [4.78, 5) is 17.3. The first-order valence-electron chi connectivity index (χ1n) is 10.6. The van der Waals surface area contributed by atoms with Crippen molar-refractivity contribution in [2.45, 2.75) is 46.7 Å². The first-order valence-corrected chi connectivity index (χ1v) is 11.4. The highest BCUT2D eigenvalue weighted by molar-refractivity contribution is 7.18. The molecule has 2 fully saturated rings. The minimum atomic E-state index is 0.637. The molecule has 0 amide bonds. The van der Waals surface area contributed by atoms with Crippen molar-refractivity contribution >= 4 is 27.4 Å². The number of nitrogens with one attached hydrogen (secondary N) is 1. The van der Waals surface area contributed by atoms with E-state index in [1.807, 2.05) is 0 Å². The summed E-state index contributed by atoms with van der Waals surface area (Å²) in [6, 6.07) is 0.637. The smallest absolute Gasteiger partial charge is 0.146 e. The van der Waals surface area contributed by atoms with E-state index in [4.69, 9.17) is 14.7 Å². The highest BCUT2D eigenvalue weighted by Gasteiger charge is 2.25. The topological polar surface area (TPSA) is 53.5 Å². The lowest BCUT2D eigenvalue weighted by atomic mass is 10.1. The molecular formula is C21H33N5OS. The Balaban J connectivity index is 1.53. The molecule has 0 bridgehead atoms. The Bertz CT molecular complexity index is 815. The van der Waals surface area contributed by atoms with Crippen LogP contribution in [0.15, 0.2) is 0 Å². The molecule has 0 aromatic carbocycles. The fourth-order valence-corrected chi connectivity index (χ4v) is 5.24. The van der Waals surface area contributed by atoms with E-state index in [2.05, 4.69) is 42.8 Å². The van der Waals surface area contributed by atoms with Crippen molar-refractivity contribution in [3.05, 3.63) is 16.3 Å². The highest BCUT2D eigenvalue weighted by Crippen LogP contribution is 2.34. The van der Waals surface area contributed by atoms with Gasteiger partial charge in [0.15, 0.2) is 0 Å². The predicted octanol–water partition coefficient (Wildman–Crippen LogP) is 3.28. The van der Waals surface area contributed by atoms with Crippen molar-refractivity contribution < 1.29 is 4.74 Å². The molecule has 0 spiro atoms. The van der Waals surface area contributed by atoms with Crippen molar-refractivity contribution in [1.82, 2.24) is 19.8 Å². The second-order valence-electron chi connectivity index (χ2n) is 8.46. The van der Waals surface area contributed by atoms with Gasteiger partial charge in [0.05, 0.1) is 25.1 Å². The first kappa shape index (κ1) is 20.0. The van der Waals surface area contributed by atoms with Crippen LogP contribution in [0.3, 0.4) is 0 Å². The SMILES string of the molecule is Cc1sc2nc(CN3CCOCC3)nc(NCC3CCN(C(C)C)C3)c2c1C. The lowest BCUT2D eigenvalue weighted by Gasteiger charge is -2.26. The number of rotatable bonds is 6. The molecule has 2 aliphatic rings. The summed E-state index contributed by atoms with van der Waals surface area (Å²) in [6.07, 6.45) is 1.27. The third-order valence-corrected chi connectivity index (χ3v) is 7.25. The number of hydrogen-bond donors (Lipinski definition) is 1. The maximum Gasteiger partial charge on any atom is 0.146 e. The van der Waals surface area contributed by atoms with E-state index < -0.39 is 0 Å². The zero-order valence-electron chi connectivity index (χ0n) is 17.6. The van der Waals surface area contributed by atoms with Gasteiger partial charge in [0, 0.05) is 37.1 Å². The summed E-state index contributed by atoms with van der Waals surface area (Å²) in [5.41, 5.74) is 1.32. The van der Waals surface area contributed by atoms with Crippen LogP contribution in [0, 0.1) is 19.8 Å². The molecule has 2 aliphatic heterocycles. The molecule has 154 valence electrons. The van der Waals surface area contributed by atoms with Gasteiger partial charge in [0.1, 0.15) is 16.5 Å². The van der Waals surface area contributed by atoms with Crippen molar-refractivity contribution in [2.75, 3.05) is 51.3 Å². The average Bonchev–Trinajstić information content (AvgIpc) is 3.26. The van der Waals surface area contributed by atoms with E-state index in [0.29, 0.717) is 12.0 Å². The first-order chi connectivity index (χ1) is 13.5. The molecule has 6 nitrogen and oxygen atoms in total. The molecule has 2 aromatic heterocycles. The van der Waals surface area contributed by atoms with E-state index in [1.165, 1.54) is 35.3 Å². The van der Waals surface area contributed by atoms with Gasteiger partial charge in [-0.05, 0) is 52.1 Å². The quantitative estimate of drug-likeness (QED) is 0.799. The standard InChI is InChI=1S/C21H33N5OS/c1-14(2)26-6-5-17(12-26)11-22-20-19-15(3)16(4)28-21(19)24-18(23-20)13-25-7-9-27-10-8-25/h14,17H,5-13H2,1-4H3,(H,22,23,24). The van der Waals surface area contributed by atoms with Crippen LogP contribution in [-0.4, -0.2) is 71.7 Å². The normalized spacial score (nSPS) is 21.8. The van der Waals surface area contributed by atoms with Crippen LogP contribution in [0.4, 0.5) is 5.82 Å². The van der Waals surface area contributed by atoms with Crippen LogP contribution in [0.1, 0.15) is 36.5 Å². The molecule has 7 heteroatoms. The van der Waals surface area contributed by atoms with E-state index >= 15 is 0 Å². The van der Waals surface area contributed by atoms with Gasteiger partial charge < -0.3 is 15.0 Å². The van der Waals surface area contributed by atoms with Crippen LogP contribution < -0.4 is 5.32 Å². The van der Waals surface area contributed by atoms with Crippen molar-refractivity contribution in [1.29, 1.82) is 0 Å². The summed E-state index contributed by atoms with van der Waals surface area (Å²) >= 11 is 1.79. The van der Waals surface area contributed by atoms with Crippen molar-refractivity contribution in [2.24, 2.45) is 5.92 Å². The molecule has 0 aliphatic carbocycles. The minimum Gasteiger partial charge on any atom is -0.379 e. The zero-order chi connectivity index (χ0) is 19.7. The Morgan fingerprint density at radius 2 is 1.96 bits per heavy atom. The van der Waals surface area contributed by atoms with Crippen LogP contribution in [0.25, 0.3) is 10.2 Å². The number of aromatic nitrogens is 2. The molecule has 0 saturated carbocycles. The highest BCUT2D eigenvalue weighted by atomic mass is 32.1. The number of aryl methyl sites for hydroxylation is 2. The van der Waals surface area contributed by atoms with Gasteiger partial charge in [-0.2, -0.15) is 0 Å². The second-order valence-corrected chi connectivity index (χ2v) is 9.67. The van der Waals surface area contributed by atoms with Crippen LogP contribution >= 0.6 is 11.3 Å². The molecule has 1 N–H and O–H groups in total. The molecule has 4 heterocycles. The fourth-order valence-electron chi connectivity index (χ4n) is 4.19. The molecule has 28 heavy (non-hydrogen) atoms. The number of thiophene rings is 1. The van der Waals surface area contributed by atoms with Gasteiger partial charge >= 0.3 is 0 Å². The maximum atomic E-state index is 5.47. The lowest BCUT2D eigenvalue weighted by molar-refractivity contribution is 0.0331. The molecular weight excluding hydrogens is 370 g/mol.